The molecule has 1 heterocycles. The van der Waals surface area contributed by atoms with Crippen molar-refractivity contribution < 1.29 is 0 Å². The summed E-state index contributed by atoms with van der Waals surface area (Å²) < 4.78 is 2.86. The van der Waals surface area contributed by atoms with Crippen molar-refractivity contribution in [1.29, 1.82) is 0 Å². The topological polar surface area (TPSA) is 3.24 Å². The van der Waals surface area contributed by atoms with Crippen molar-refractivity contribution in [2.24, 2.45) is 0 Å². The van der Waals surface area contributed by atoms with Gasteiger partial charge < -0.3 is 4.57 Å². The smallest absolute Gasteiger partial charge is 0.125 e. The van der Waals surface area contributed by atoms with Crippen LogP contribution in [-0.2, 0) is 0 Å². The maximum Gasteiger partial charge on any atom is 0.125 e. The molecule has 0 bridgehead atoms. The molecule has 1 saturated carbocycles. The molecule has 0 radical (unpaired) electrons. The SMILES string of the molecule is C[Si](C)(C1CCCC1)N1CCCC1. The van der Waals surface area contributed by atoms with Gasteiger partial charge in [-0.15, -0.1) is 0 Å². The van der Waals surface area contributed by atoms with Crippen molar-refractivity contribution >= 4 is 8.24 Å². The molecule has 2 fully saturated rings. The van der Waals surface area contributed by atoms with Gasteiger partial charge in [-0.25, -0.2) is 0 Å². The second-order valence-corrected chi connectivity index (χ2v) is 10.1. The predicted octanol–water partition coefficient (Wildman–Crippen LogP) is 3.23. The van der Waals surface area contributed by atoms with Gasteiger partial charge in [0.05, 0.1) is 0 Å². The molecule has 1 aliphatic carbocycles. The molecule has 0 spiro atoms. The van der Waals surface area contributed by atoms with Crippen LogP contribution in [0.2, 0.25) is 18.6 Å². The van der Waals surface area contributed by atoms with Gasteiger partial charge in [-0.1, -0.05) is 38.8 Å². The molecule has 0 aromatic carbocycles. The average molecular weight is 197 g/mol. The van der Waals surface area contributed by atoms with Crippen LogP contribution in [0.25, 0.3) is 0 Å². The molecule has 1 nitrogen and oxygen atoms in total. The third-order valence-electron chi connectivity index (χ3n) is 4.28. The summed E-state index contributed by atoms with van der Waals surface area (Å²) in [6, 6.07) is 0. The zero-order valence-electron chi connectivity index (χ0n) is 9.18. The Morgan fingerprint density at radius 3 is 2.00 bits per heavy atom. The minimum Gasteiger partial charge on any atom is -0.323 e. The van der Waals surface area contributed by atoms with Crippen molar-refractivity contribution in [3.63, 3.8) is 0 Å². The van der Waals surface area contributed by atoms with Crippen LogP contribution in [0.5, 0.6) is 0 Å². The maximum atomic E-state index is 2.86. The lowest BCUT2D eigenvalue weighted by atomic mass is 10.4. The van der Waals surface area contributed by atoms with Crippen LogP contribution in [0.3, 0.4) is 0 Å². The minimum absolute atomic E-state index is 1.00. The molecule has 2 heteroatoms. The van der Waals surface area contributed by atoms with Gasteiger partial charge in [0.25, 0.3) is 0 Å². The van der Waals surface area contributed by atoms with Crippen LogP contribution in [0.1, 0.15) is 38.5 Å². The van der Waals surface area contributed by atoms with E-state index < -0.39 is 8.24 Å². The van der Waals surface area contributed by atoms with E-state index in [4.69, 9.17) is 0 Å². The third-order valence-corrected chi connectivity index (χ3v) is 8.93. The van der Waals surface area contributed by atoms with E-state index in [0.29, 0.717) is 0 Å². The normalized spacial score (nSPS) is 27.2. The average Bonchev–Trinajstić information content (AvgIpc) is 2.78. The predicted molar refractivity (Wildman–Crippen MR) is 60.5 cm³/mol. The van der Waals surface area contributed by atoms with Gasteiger partial charge in [-0.3, -0.25) is 0 Å². The van der Waals surface area contributed by atoms with Crippen molar-refractivity contribution in [1.82, 2.24) is 4.57 Å². The summed E-state index contributed by atoms with van der Waals surface area (Å²) in [5.41, 5.74) is 1.12. The first-order valence-corrected chi connectivity index (χ1v) is 8.99. The first kappa shape index (κ1) is 9.72. The van der Waals surface area contributed by atoms with Crippen LogP contribution in [0.4, 0.5) is 0 Å². The highest BCUT2D eigenvalue weighted by Gasteiger charge is 2.39. The van der Waals surface area contributed by atoms with Gasteiger partial charge in [0.15, 0.2) is 0 Å². The summed E-state index contributed by atoms with van der Waals surface area (Å²) in [5.74, 6) is 0. The van der Waals surface area contributed by atoms with Crippen LogP contribution in [-0.4, -0.2) is 25.9 Å². The summed E-state index contributed by atoms with van der Waals surface area (Å²) in [4.78, 5) is 0. The molecule has 1 saturated heterocycles. The Labute approximate surface area is 83.6 Å². The number of hydrogen-bond acceptors (Lipinski definition) is 1. The van der Waals surface area contributed by atoms with Crippen LogP contribution in [0.15, 0.2) is 0 Å². The molecule has 76 valence electrons. The lowest BCUT2D eigenvalue weighted by Gasteiger charge is -2.38. The second kappa shape index (κ2) is 3.74. The highest BCUT2D eigenvalue weighted by atomic mass is 28.3. The van der Waals surface area contributed by atoms with Crippen molar-refractivity contribution in [2.75, 3.05) is 13.1 Å². The molecular formula is C11H23NSi. The molecule has 0 aromatic rings. The molecule has 2 aliphatic rings. The van der Waals surface area contributed by atoms with E-state index in [0.717, 1.165) is 5.54 Å². The van der Waals surface area contributed by atoms with Crippen molar-refractivity contribution in [3.8, 4) is 0 Å². The Bertz CT molecular complexity index is 149. The number of nitrogens with zero attached hydrogens (tertiary/aromatic N) is 1. The minimum atomic E-state index is -1.00. The second-order valence-electron chi connectivity index (χ2n) is 5.33. The first-order chi connectivity index (χ1) is 6.21. The highest BCUT2D eigenvalue weighted by Crippen LogP contribution is 2.40. The molecule has 0 unspecified atom stereocenters. The van der Waals surface area contributed by atoms with Crippen LogP contribution >= 0.6 is 0 Å². The summed E-state index contributed by atoms with van der Waals surface area (Å²) >= 11 is 0. The van der Waals surface area contributed by atoms with E-state index in [9.17, 15) is 0 Å². The van der Waals surface area contributed by atoms with E-state index in [1.807, 2.05) is 0 Å². The van der Waals surface area contributed by atoms with E-state index >= 15 is 0 Å². The molecule has 13 heavy (non-hydrogen) atoms. The Morgan fingerprint density at radius 1 is 0.923 bits per heavy atom. The van der Waals surface area contributed by atoms with Gasteiger partial charge in [0.2, 0.25) is 0 Å². The van der Waals surface area contributed by atoms with Gasteiger partial charge in [0, 0.05) is 0 Å². The largest absolute Gasteiger partial charge is 0.323 e. The summed E-state index contributed by atoms with van der Waals surface area (Å²) in [7, 11) is -1.00. The summed E-state index contributed by atoms with van der Waals surface area (Å²) in [5, 5.41) is 0. The van der Waals surface area contributed by atoms with Gasteiger partial charge in [-0.05, 0) is 31.5 Å². The lowest BCUT2D eigenvalue weighted by Crippen LogP contribution is -2.50. The zero-order chi connectivity index (χ0) is 9.31. The Morgan fingerprint density at radius 2 is 1.46 bits per heavy atom. The molecule has 1 aliphatic heterocycles. The Hall–Kier alpha value is 0.177. The highest BCUT2D eigenvalue weighted by molar-refractivity contribution is 6.76. The fourth-order valence-electron chi connectivity index (χ4n) is 3.18. The van der Waals surface area contributed by atoms with Crippen LogP contribution in [0, 0.1) is 0 Å². The third kappa shape index (κ3) is 1.84. The lowest BCUT2D eigenvalue weighted by molar-refractivity contribution is 0.500. The number of hydrogen-bond donors (Lipinski definition) is 0. The van der Waals surface area contributed by atoms with Gasteiger partial charge in [-0.2, -0.15) is 0 Å². The quantitative estimate of drug-likeness (QED) is 0.614. The van der Waals surface area contributed by atoms with Crippen LogP contribution < -0.4 is 0 Å². The van der Waals surface area contributed by atoms with E-state index in [1.165, 1.54) is 51.6 Å². The fraction of sp³-hybridized carbons (Fsp3) is 1.00. The first-order valence-electron chi connectivity index (χ1n) is 5.96. The van der Waals surface area contributed by atoms with Crippen molar-refractivity contribution in [2.45, 2.75) is 57.2 Å². The molecule has 0 atom stereocenters. The maximum absolute atomic E-state index is 2.86. The van der Waals surface area contributed by atoms with E-state index in [2.05, 4.69) is 17.7 Å². The standard InChI is InChI=1S/C11H23NSi/c1-13(2,11-7-3-4-8-11)12-9-5-6-10-12/h11H,3-10H2,1-2H3. The monoisotopic (exact) mass is 197 g/mol. The molecule has 0 aromatic heterocycles. The van der Waals surface area contributed by atoms with E-state index in [1.54, 1.807) is 0 Å². The molecular weight excluding hydrogens is 174 g/mol. The zero-order valence-corrected chi connectivity index (χ0v) is 10.2. The Kier molecular flexibility index (Phi) is 2.79. The Balaban J connectivity index is 1.99. The number of rotatable bonds is 2. The molecule has 0 amide bonds. The van der Waals surface area contributed by atoms with E-state index in [-0.39, 0.29) is 0 Å². The van der Waals surface area contributed by atoms with Gasteiger partial charge >= 0.3 is 0 Å². The summed E-state index contributed by atoms with van der Waals surface area (Å²) in [6.45, 7) is 8.04. The summed E-state index contributed by atoms with van der Waals surface area (Å²) in [6.07, 6.45) is 9.02. The van der Waals surface area contributed by atoms with Gasteiger partial charge in [0.1, 0.15) is 8.24 Å². The molecule has 2 rings (SSSR count). The molecule has 0 N–H and O–H groups in total. The fourth-order valence-corrected chi connectivity index (χ4v) is 6.99. The van der Waals surface area contributed by atoms with Crippen molar-refractivity contribution in [3.05, 3.63) is 0 Å².